The number of likely N-dealkylation sites (N-methyl/N-ethyl adjacent to an activating group) is 1. The third-order valence-electron chi connectivity index (χ3n) is 4.23. The standard InChI is InChI=1S/C19H27N5O2/c1-13(20-17(25)12-24(4)5)18(26)21-16-11-15(22-23-16)19(2,3)14-9-7-6-8-10-14/h6-11,13H,12H2,1-5H3,(H,20,25)(H2,21,22,23,26)/t13-/m0/s1. The van der Waals surface area contributed by atoms with E-state index in [2.05, 4.69) is 46.8 Å². The van der Waals surface area contributed by atoms with E-state index in [1.807, 2.05) is 24.3 Å². The molecule has 0 aliphatic rings. The molecule has 1 heterocycles. The lowest BCUT2D eigenvalue weighted by Crippen LogP contribution is -2.44. The smallest absolute Gasteiger partial charge is 0.247 e. The van der Waals surface area contributed by atoms with Crippen molar-refractivity contribution in [2.75, 3.05) is 26.0 Å². The van der Waals surface area contributed by atoms with Crippen LogP contribution in [0.3, 0.4) is 0 Å². The number of benzene rings is 1. The SMILES string of the molecule is C[C@H](NC(=O)CN(C)C)C(=O)Nc1cc(C(C)(C)c2ccccc2)[nH]n1. The quantitative estimate of drug-likeness (QED) is 0.704. The van der Waals surface area contributed by atoms with Gasteiger partial charge in [0.05, 0.1) is 6.54 Å². The maximum absolute atomic E-state index is 12.3. The van der Waals surface area contributed by atoms with Gasteiger partial charge in [0.15, 0.2) is 5.82 Å². The molecule has 0 aliphatic carbocycles. The first-order chi connectivity index (χ1) is 12.2. The Hall–Kier alpha value is -2.67. The van der Waals surface area contributed by atoms with E-state index >= 15 is 0 Å². The third-order valence-corrected chi connectivity index (χ3v) is 4.23. The van der Waals surface area contributed by atoms with Crippen LogP contribution in [-0.2, 0) is 15.0 Å². The molecule has 0 saturated carbocycles. The molecule has 1 aromatic heterocycles. The number of carbonyl (C=O) groups is 2. The second-order valence-corrected chi connectivity index (χ2v) is 7.17. The van der Waals surface area contributed by atoms with Crippen LogP contribution in [0.2, 0.25) is 0 Å². The van der Waals surface area contributed by atoms with E-state index in [0.717, 1.165) is 11.3 Å². The van der Waals surface area contributed by atoms with Gasteiger partial charge in [-0.15, -0.1) is 0 Å². The predicted octanol–water partition coefficient (Wildman–Crippen LogP) is 1.74. The normalized spacial score (nSPS) is 12.7. The molecular formula is C19H27N5O2. The maximum Gasteiger partial charge on any atom is 0.247 e. The largest absolute Gasteiger partial charge is 0.343 e. The molecule has 0 fully saturated rings. The summed E-state index contributed by atoms with van der Waals surface area (Å²) in [4.78, 5) is 25.8. The zero-order valence-electron chi connectivity index (χ0n) is 16.0. The van der Waals surface area contributed by atoms with Crippen LogP contribution in [0.25, 0.3) is 0 Å². The van der Waals surface area contributed by atoms with Crippen LogP contribution in [0, 0.1) is 0 Å². The number of aromatic amines is 1. The Morgan fingerprint density at radius 2 is 1.88 bits per heavy atom. The molecule has 0 aliphatic heterocycles. The number of hydrogen-bond donors (Lipinski definition) is 3. The van der Waals surface area contributed by atoms with Gasteiger partial charge in [0.1, 0.15) is 6.04 Å². The zero-order valence-corrected chi connectivity index (χ0v) is 16.0. The van der Waals surface area contributed by atoms with Crippen LogP contribution in [0.4, 0.5) is 5.82 Å². The molecular weight excluding hydrogens is 330 g/mol. The highest BCUT2D eigenvalue weighted by molar-refractivity contribution is 5.96. The Morgan fingerprint density at radius 1 is 1.23 bits per heavy atom. The highest BCUT2D eigenvalue weighted by Crippen LogP contribution is 2.30. The number of nitrogens with one attached hydrogen (secondary N) is 3. The molecule has 2 aromatic rings. The molecule has 7 nitrogen and oxygen atoms in total. The molecule has 2 amide bonds. The number of amides is 2. The Labute approximate surface area is 154 Å². The molecule has 1 aromatic carbocycles. The zero-order chi connectivity index (χ0) is 19.3. The van der Waals surface area contributed by atoms with Gasteiger partial charge in [0.25, 0.3) is 0 Å². The van der Waals surface area contributed by atoms with Gasteiger partial charge in [-0.25, -0.2) is 0 Å². The maximum atomic E-state index is 12.3. The van der Waals surface area contributed by atoms with Crippen molar-refractivity contribution >= 4 is 17.6 Å². The number of carbonyl (C=O) groups excluding carboxylic acids is 2. The number of aromatic nitrogens is 2. The second-order valence-electron chi connectivity index (χ2n) is 7.17. The summed E-state index contributed by atoms with van der Waals surface area (Å²) >= 11 is 0. The number of hydrogen-bond acceptors (Lipinski definition) is 4. The van der Waals surface area contributed by atoms with Crippen molar-refractivity contribution in [3.8, 4) is 0 Å². The van der Waals surface area contributed by atoms with Crippen molar-refractivity contribution in [2.45, 2.75) is 32.2 Å². The van der Waals surface area contributed by atoms with E-state index in [-0.39, 0.29) is 23.8 Å². The average Bonchev–Trinajstić information content (AvgIpc) is 3.04. The van der Waals surface area contributed by atoms with Crippen LogP contribution in [0.1, 0.15) is 32.0 Å². The van der Waals surface area contributed by atoms with Gasteiger partial charge >= 0.3 is 0 Å². The highest BCUT2D eigenvalue weighted by atomic mass is 16.2. The first-order valence-corrected chi connectivity index (χ1v) is 8.56. The minimum absolute atomic E-state index is 0.203. The molecule has 2 rings (SSSR count). The summed E-state index contributed by atoms with van der Waals surface area (Å²) in [5.74, 6) is -0.0824. The summed E-state index contributed by atoms with van der Waals surface area (Å²) in [6.45, 7) is 6.05. The molecule has 1 atom stereocenters. The number of rotatable bonds is 7. The van der Waals surface area contributed by atoms with E-state index < -0.39 is 6.04 Å². The van der Waals surface area contributed by atoms with Crippen molar-refractivity contribution in [3.63, 3.8) is 0 Å². The number of H-pyrrole nitrogens is 1. The summed E-state index contributed by atoms with van der Waals surface area (Å²) in [6.07, 6.45) is 0. The molecule has 7 heteroatoms. The molecule has 0 spiro atoms. The van der Waals surface area contributed by atoms with Gasteiger partial charge in [0, 0.05) is 17.2 Å². The Kier molecular flexibility index (Phi) is 6.15. The van der Waals surface area contributed by atoms with E-state index in [0.29, 0.717) is 5.82 Å². The lowest BCUT2D eigenvalue weighted by atomic mass is 9.82. The van der Waals surface area contributed by atoms with Crippen molar-refractivity contribution in [3.05, 3.63) is 47.7 Å². The molecule has 0 bridgehead atoms. The summed E-state index contributed by atoms with van der Waals surface area (Å²) in [6, 6.07) is 11.2. The summed E-state index contributed by atoms with van der Waals surface area (Å²) in [5.41, 5.74) is 1.76. The predicted molar refractivity (Wildman–Crippen MR) is 102 cm³/mol. The van der Waals surface area contributed by atoms with Gasteiger partial charge in [-0.3, -0.25) is 14.7 Å². The Bertz CT molecular complexity index is 752. The van der Waals surface area contributed by atoms with Crippen molar-refractivity contribution in [2.24, 2.45) is 0 Å². The highest BCUT2D eigenvalue weighted by Gasteiger charge is 2.26. The molecule has 0 unspecified atom stereocenters. The minimum atomic E-state index is -0.648. The van der Waals surface area contributed by atoms with Crippen LogP contribution in [0.5, 0.6) is 0 Å². The molecule has 140 valence electrons. The van der Waals surface area contributed by atoms with Gasteiger partial charge < -0.3 is 15.5 Å². The number of nitrogens with zero attached hydrogens (tertiary/aromatic N) is 2. The molecule has 26 heavy (non-hydrogen) atoms. The van der Waals surface area contributed by atoms with Crippen LogP contribution >= 0.6 is 0 Å². The second kappa shape index (κ2) is 8.14. The van der Waals surface area contributed by atoms with Crippen molar-refractivity contribution in [1.29, 1.82) is 0 Å². The van der Waals surface area contributed by atoms with Crippen LogP contribution in [0.15, 0.2) is 36.4 Å². The minimum Gasteiger partial charge on any atom is -0.343 e. The lowest BCUT2D eigenvalue weighted by molar-refractivity contribution is -0.126. The average molecular weight is 357 g/mol. The van der Waals surface area contributed by atoms with Gasteiger partial charge in [0.2, 0.25) is 11.8 Å². The fourth-order valence-corrected chi connectivity index (χ4v) is 2.59. The first-order valence-electron chi connectivity index (χ1n) is 8.56. The summed E-state index contributed by atoms with van der Waals surface area (Å²) < 4.78 is 0. The fourth-order valence-electron chi connectivity index (χ4n) is 2.59. The van der Waals surface area contributed by atoms with Gasteiger partial charge in [-0.05, 0) is 26.6 Å². The van der Waals surface area contributed by atoms with Crippen molar-refractivity contribution in [1.82, 2.24) is 20.4 Å². The lowest BCUT2D eigenvalue weighted by Gasteiger charge is -2.23. The number of anilines is 1. The van der Waals surface area contributed by atoms with Gasteiger partial charge in [-0.2, -0.15) is 5.10 Å². The Balaban J connectivity index is 2.01. The first kappa shape index (κ1) is 19.7. The van der Waals surface area contributed by atoms with E-state index in [4.69, 9.17) is 0 Å². The van der Waals surface area contributed by atoms with Crippen molar-refractivity contribution < 1.29 is 9.59 Å². The molecule has 0 radical (unpaired) electrons. The van der Waals surface area contributed by atoms with Crippen LogP contribution < -0.4 is 10.6 Å². The fraction of sp³-hybridized carbons (Fsp3) is 0.421. The Morgan fingerprint density at radius 3 is 2.50 bits per heavy atom. The topological polar surface area (TPSA) is 90.1 Å². The van der Waals surface area contributed by atoms with E-state index in [1.54, 1.807) is 25.9 Å². The summed E-state index contributed by atoms with van der Waals surface area (Å²) in [5, 5.41) is 12.6. The molecule has 3 N–H and O–H groups in total. The van der Waals surface area contributed by atoms with Crippen LogP contribution in [-0.4, -0.2) is 53.6 Å². The third kappa shape index (κ3) is 4.92. The van der Waals surface area contributed by atoms with Gasteiger partial charge in [-0.1, -0.05) is 44.2 Å². The van der Waals surface area contributed by atoms with E-state index in [1.165, 1.54) is 0 Å². The van der Waals surface area contributed by atoms with E-state index in [9.17, 15) is 9.59 Å². The molecule has 0 saturated heterocycles. The summed E-state index contributed by atoms with van der Waals surface area (Å²) in [7, 11) is 3.59. The monoisotopic (exact) mass is 357 g/mol.